The molecular weight excluding hydrogens is 370 g/mol. The fourth-order valence-corrected chi connectivity index (χ4v) is 4.79. The number of carboxylic acids is 1. The van der Waals surface area contributed by atoms with Crippen LogP contribution in [0.2, 0.25) is 0 Å². The first-order chi connectivity index (χ1) is 12.9. The van der Waals surface area contributed by atoms with Crippen molar-refractivity contribution in [3.63, 3.8) is 0 Å². The summed E-state index contributed by atoms with van der Waals surface area (Å²) in [5.41, 5.74) is 3.42. The highest BCUT2D eigenvalue weighted by atomic mass is 32.2. The number of aliphatic carboxylic acids is 1. The maximum Gasteiger partial charge on any atom is 0.323 e. The van der Waals surface area contributed by atoms with Gasteiger partial charge in [-0.1, -0.05) is 6.07 Å². The van der Waals surface area contributed by atoms with E-state index in [1.54, 1.807) is 35.2 Å². The molecule has 1 N–H and O–H groups in total. The average molecular weight is 388 g/mol. The second kappa shape index (κ2) is 6.64. The van der Waals surface area contributed by atoms with Gasteiger partial charge in [0.05, 0.1) is 5.52 Å². The number of benzene rings is 1. The third-order valence-corrected chi connectivity index (χ3v) is 6.12. The molecular formula is C20H18F2N2O2S. The number of pyridine rings is 1. The van der Waals surface area contributed by atoms with Gasteiger partial charge in [-0.25, -0.2) is 8.78 Å². The molecule has 27 heavy (non-hydrogen) atoms. The van der Waals surface area contributed by atoms with Gasteiger partial charge in [0.2, 0.25) is 0 Å². The number of rotatable bonds is 4. The van der Waals surface area contributed by atoms with Gasteiger partial charge in [-0.2, -0.15) is 0 Å². The minimum Gasteiger partial charge on any atom is -0.480 e. The van der Waals surface area contributed by atoms with E-state index >= 15 is 0 Å². The van der Waals surface area contributed by atoms with Gasteiger partial charge in [-0.15, -0.1) is 11.8 Å². The van der Waals surface area contributed by atoms with Gasteiger partial charge in [0.25, 0.3) is 5.92 Å². The number of carboxylic acid groups (broad SMARTS) is 1. The molecule has 3 aromatic rings. The van der Waals surface area contributed by atoms with Crippen LogP contribution >= 0.6 is 11.8 Å². The number of fused-ring (bicyclic) bond motifs is 2. The largest absolute Gasteiger partial charge is 0.480 e. The first kappa shape index (κ1) is 18.0. The lowest BCUT2D eigenvalue weighted by molar-refractivity contribution is -0.137. The second-order valence-electron chi connectivity index (χ2n) is 6.75. The van der Waals surface area contributed by atoms with E-state index < -0.39 is 11.9 Å². The number of nitrogens with zero attached hydrogens (tertiary/aromatic N) is 2. The van der Waals surface area contributed by atoms with Crippen molar-refractivity contribution in [2.45, 2.75) is 37.1 Å². The molecule has 4 rings (SSSR count). The molecule has 3 heterocycles. The number of hydrogen-bond donors (Lipinski definition) is 1. The normalized spacial score (nSPS) is 15.7. The van der Waals surface area contributed by atoms with E-state index in [4.69, 9.17) is 0 Å². The van der Waals surface area contributed by atoms with Crippen molar-refractivity contribution in [3.8, 4) is 0 Å². The second-order valence-corrected chi connectivity index (χ2v) is 7.88. The highest BCUT2D eigenvalue weighted by molar-refractivity contribution is 7.99. The number of thioether (sulfide) groups is 1. The molecule has 0 bridgehead atoms. The molecule has 7 heteroatoms. The fourth-order valence-electron chi connectivity index (χ4n) is 3.68. The van der Waals surface area contributed by atoms with Gasteiger partial charge in [0.1, 0.15) is 6.54 Å². The molecule has 0 saturated carbocycles. The van der Waals surface area contributed by atoms with Crippen LogP contribution in [0.1, 0.15) is 28.8 Å². The molecule has 0 saturated heterocycles. The minimum absolute atomic E-state index is 0.0984. The number of carbonyl (C=O) groups is 1. The van der Waals surface area contributed by atoms with Gasteiger partial charge in [0, 0.05) is 46.1 Å². The average Bonchev–Trinajstić information content (AvgIpc) is 2.88. The molecule has 140 valence electrons. The van der Waals surface area contributed by atoms with E-state index in [1.165, 1.54) is 11.8 Å². The Kier molecular flexibility index (Phi) is 4.42. The Hall–Kier alpha value is -2.41. The van der Waals surface area contributed by atoms with Crippen LogP contribution in [0.4, 0.5) is 8.78 Å². The van der Waals surface area contributed by atoms with Crippen molar-refractivity contribution < 1.29 is 18.7 Å². The third kappa shape index (κ3) is 3.20. The third-order valence-electron chi connectivity index (χ3n) is 5.04. The van der Waals surface area contributed by atoms with Crippen molar-refractivity contribution in [2.75, 3.05) is 5.75 Å². The van der Waals surface area contributed by atoms with Crippen molar-refractivity contribution in [1.82, 2.24) is 9.55 Å². The number of aromatic nitrogens is 2. The molecule has 4 nitrogen and oxygen atoms in total. The summed E-state index contributed by atoms with van der Waals surface area (Å²) in [7, 11) is 0. The van der Waals surface area contributed by atoms with E-state index in [0.29, 0.717) is 17.1 Å². The highest BCUT2D eigenvalue weighted by Crippen LogP contribution is 2.44. The van der Waals surface area contributed by atoms with Gasteiger partial charge < -0.3 is 9.67 Å². The predicted octanol–water partition coefficient (Wildman–Crippen LogP) is 4.61. The lowest BCUT2D eigenvalue weighted by Crippen LogP contribution is -2.19. The zero-order valence-corrected chi connectivity index (χ0v) is 15.5. The summed E-state index contributed by atoms with van der Waals surface area (Å²) in [6, 6.07) is 7.03. The molecule has 0 amide bonds. The molecule has 1 aromatic carbocycles. The van der Waals surface area contributed by atoms with Crippen LogP contribution in [0.15, 0.2) is 41.6 Å². The van der Waals surface area contributed by atoms with E-state index in [1.807, 2.05) is 13.0 Å². The molecule has 0 unspecified atom stereocenters. The summed E-state index contributed by atoms with van der Waals surface area (Å²) in [6.07, 6.45) is 3.64. The zero-order chi connectivity index (χ0) is 19.2. The van der Waals surface area contributed by atoms with Crippen LogP contribution in [0.25, 0.3) is 10.9 Å². The SMILES string of the molecule is Cc1c(Cc2ccc3c(c2)C(F)(F)CCS3)c2cnccc2n1CC(=O)O. The predicted molar refractivity (Wildman–Crippen MR) is 101 cm³/mol. The van der Waals surface area contributed by atoms with E-state index in [-0.39, 0.29) is 18.5 Å². The topological polar surface area (TPSA) is 55.1 Å². The van der Waals surface area contributed by atoms with Crippen molar-refractivity contribution in [2.24, 2.45) is 0 Å². The molecule has 0 radical (unpaired) electrons. The molecule has 2 aromatic heterocycles. The van der Waals surface area contributed by atoms with Crippen LogP contribution in [-0.2, 0) is 23.7 Å². The van der Waals surface area contributed by atoms with E-state index in [0.717, 1.165) is 27.7 Å². The van der Waals surface area contributed by atoms with Gasteiger partial charge in [0.15, 0.2) is 0 Å². The fraction of sp³-hybridized carbons (Fsp3) is 0.300. The van der Waals surface area contributed by atoms with E-state index in [2.05, 4.69) is 4.98 Å². The molecule has 0 spiro atoms. The van der Waals surface area contributed by atoms with Crippen LogP contribution < -0.4 is 0 Å². The molecule has 0 fully saturated rings. The summed E-state index contributed by atoms with van der Waals surface area (Å²) >= 11 is 1.46. The monoisotopic (exact) mass is 388 g/mol. The maximum absolute atomic E-state index is 14.3. The first-order valence-corrected chi connectivity index (χ1v) is 9.63. The standard InChI is InChI=1S/C20H18F2N2O2S/c1-12-14(15-10-23-6-4-17(15)24(12)11-19(25)26)8-13-2-3-18-16(9-13)20(21,22)5-7-27-18/h2-4,6,9-10H,5,7-8,11H2,1H3,(H,25,26). The van der Waals surface area contributed by atoms with Crippen molar-refractivity contribution >= 4 is 28.6 Å². The summed E-state index contributed by atoms with van der Waals surface area (Å²) in [5.74, 6) is -3.30. The maximum atomic E-state index is 14.3. The Labute approximate surface area is 159 Å². The van der Waals surface area contributed by atoms with E-state index in [9.17, 15) is 18.7 Å². The number of alkyl halides is 2. The molecule has 1 aliphatic rings. The number of hydrogen-bond acceptors (Lipinski definition) is 3. The van der Waals surface area contributed by atoms with Crippen LogP contribution in [0.3, 0.4) is 0 Å². The molecule has 0 atom stereocenters. The molecule has 0 aliphatic carbocycles. The van der Waals surface area contributed by atoms with Gasteiger partial charge in [-0.05, 0) is 42.7 Å². The number of halogens is 2. The van der Waals surface area contributed by atoms with Crippen LogP contribution in [0.5, 0.6) is 0 Å². The Morgan fingerprint density at radius 2 is 2.19 bits per heavy atom. The van der Waals surface area contributed by atoms with Crippen molar-refractivity contribution in [3.05, 3.63) is 59.0 Å². The highest BCUT2D eigenvalue weighted by Gasteiger charge is 2.37. The summed E-state index contributed by atoms with van der Waals surface area (Å²) in [5, 5.41) is 10.1. The Morgan fingerprint density at radius 1 is 1.37 bits per heavy atom. The van der Waals surface area contributed by atoms with Crippen molar-refractivity contribution in [1.29, 1.82) is 0 Å². The lowest BCUT2D eigenvalue weighted by Gasteiger charge is -2.25. The van der Waals surface area contributed by atoms with Crippen LogP contribution in [0, 0.1) is 6.92 Å². The quantitative estimate of drug-likeness (QED) is 0.709. The summed E-state index contributed by atoms with van der Waals surface area (Å²) in [4.78, 5) is 16.0. The van der Waals surface area contributed by atoms with Gasteiger partial charge in [-0.3, -0.25) is 9.78 Å². The summed E-state index contributed by atoms with van der Waals surface area (Å²) < 4.78 is 30.3. The van der Waals surface area contributed by atoms with Gasteiger partial charge >= 0.3 is 5.97 Å². The Morgan fingerprint density at radius 3 is 2.96 bits per heavy atom. The Balaban J connectivity index is 1.79. The smallest absolute Gasteiger partial charge is 0.323 e. The first-order valence-electron chi connectivity index (χ1n) is 8.64. The Bertz CT molecular complexity index is 1050. The lowest BCUT2D eigenvalue weighted by atomic mass is 9.97. The minimum atomic E-state index is -2.80. The zero-order valence-electron chi connectivity index (χ0n) is 14.7. The van der Waals surface area contributed by atoms with Crippen LogP contribution in [-0.4, -0.2) is 26.4 Å². The summed E-state index contributed by atoms with van der Waals surface area (Å²) in [6.45, 7) is 1.71. The molecule has 1 aliphatic heterocycles.